The first-order valence-corrected chi connectivity index (χ1v) is 9.15. The molecule has 1 nitrogen and oxygen atoms in total. The normalized spacial score (nSPS) is 24.6. The highest BCUT2D eigenvalue weighted by Gasteiger charge is 2.26. The first kappa shape index (κ1) is 16.2. The van der Waals surface area contributed by atoms with Crippen LogP contribution in [0.3, 0.4) is 0 Å². The SMILES string of the molecule is CCC1CCC(C(CSc2ccccc2Cl)NC)CC1. The summed E-state index contributed by atoms with van der Waals surface area (Å²) in [5.41, 5.74) is 0. The lowest BCUT2D eigenvalue weighted by Gasteiger charge is -2.33. The zero-order valence-corrected chi connectivity index (χ0v) is 14.1. The maximum absolute atomic E-state index is 6.23. The third-order valence-electron chi connectivity index (χ3n) is 4.66. The molecule has 3 heteroatoms. The molecule has 112 valence electrons. The Labute approximate surface area is 132 Å². The van der Waals surface area contributed by atoms with Gasteiger partial charge in [-0.3, -0.25) is 0 Å². The van der Waals surface area contributed by atoms with Crippen molar-refractivity contribution in [2.75, 3.05) is 12.8 Å². The number of benzene rings is 1. The minimum Gasteiger partial charge on any atom is -0.316 e. The number of halogens is 1. The molecule has 1 N–H and O–H groups in total. The summed E-state index contributed by atoms with van der Waals surface area (Å²) >= 11 is 8.12. The molecule has 1 aromatic rings. The van der Waals surface area contributed by atoms with Crippen molar-refractivity contribution in [3.05, 3.63) is 29.3 Å². The van der Waals surface area contributed by atoms with E-state index < -0.39 is 0 Å². The fourth-order valence-electron chi connectivity index (χ4n) is 3.20. The Morgan fingerprint density at radius 3 is 2.55 bits per heavy atom. The van der Waals surface area contributed by atoms with Crippen molar-refractivity contribution in [2.45, 2.75) is 50.0 Å². The average Bonchev–Trinajstić information content (AvgIpc) is 2.50. The summed E-state index contributed by atoms with van der Waals surface area (Å²) in [6.45, 7) is 2.33. The molecule has 1 aliphatic rings. The van der Waals surface area contributed by atoms with Crippen molar-refractivity contribution in [2.24, 2.45) is 11.8 Å². The van der Waals surface area contributed by atoms with Crippen LogP contribution in [0.1, 0.15) is 39.0 Å². The van der Waals surface area contributed by atoms with Crippen molar-refractivity contribution >= 4 is 23.4 Å². The zero-order valence-electron chi connectivity index (χ0n) is 12.6. The van der Waals surface area contributed by atoms with Crippen molar-refractivity contribution in [3.8, 4) is 0 Å². The second-order valence-electron chi connectivity index (χ2n) is 5.83. The number of hydrogen-bond acceptors (Lipinski definition) is 2. The van der Waals surface area contributed by atoms with Crippen molar-refractivity contribution < 1.29 is 0 Å². The van der Waals surface area contributed by atoms with Crippen LogP contribution in [0.2, 0.25) is 5.02 Å². The van der Waals surface area contributed by atoms with E-state index in [1.54, 1.807) is 0 Å². The van der Waals surface area contributed by atoms with E-state index in [-0.39, 0.29) is 0 Å². The van der Waals surface area contributed by atoms with Crippen LogP contribution in [0, 0.1) is 11.8 Å². The molecule has 0 amide bonds. The molecule has 1 saturated carbocycles. The van der Waals surface area contributed by atoms with Gasteiger partial charge in [0.15, 0.2) is 0 Å². The average molecular weight is 312 g/mol. The summed E-state index contributed by atoms with van der Waals surface area (Å²) in [4.78, 5) is 1.21. The van der Waals surface area contributed by atoms with Gasteiger partial charge in [-0.25, -0.2) is 0 Å². The molecule has 0 heterocycles. The monoisotopic (exact) mass is 311 g/mol. The molecule has 0 radical (unpaired) electrons. The van der Waals surface area contributed by atoms with Crippen molar-refractivity contribution in [3.63, 3.8) is 0 Å². The minimum atomic E-state index is 0.606. The van der Waals surface area contributed by atoms with E-state index in [2.05, 4.69) is 31.4 Å². The van der Waals surface area contributed by atoms with Crippen LogP contribution in [0.15, 0.2) is 29.2 Å². The predicted molar refractivity (Wildman–Crippen MR) is 90.8 cm³/mol. The second-order valence-corrected chi connectivity index (χ2v) is 7.29. The Kier molecular flexibility index (Phi) is 6.73. The molecule has 1 fully saturated rings. The summed E-state index contributed by atoms with van der Waals surface area (Å²) in [5, 5.41) is 4.41. The maximum Gasteiger partial charge on any atom is 0.0541 e. The lowest BCUT2D eigenvalue weighted by Crippen LogP contribution is -2.37. The van der Waals surface area contributed by atoms with Gasteiger partial charge in [-0.1, -0.05) is 49.9 Å². The zero-order chi connectivity index (χ0) is 14.4. The number of hydrogen-bond donors (Lipinski definition) is 1. The van der Waals surface area contributed by atoms with E-state index in [1.807, 2.05) is 23.9 Å². The number of nitrogens with one attached hydrogen (secondary N) is 1. The van der Waals surface area contributed by atoms with Crippen molar-refractivity contribution in [1.82, 2.24) is 5.32 Å². The Bertz CT molecular complexity index is 402. The van der Waals surface area contributed by atoms with Gasteiger partial charge in [0.2, 0.25) is 0 Å². The van der Waals surface area contributed by atoms with E-state index in [1.165, 1.54) is 37.0 Å². The molecule has 20 heavy (non-hydrogen) atoms. The largest absolute Gasteiger partial charge is 0.316 e. The Balaban J connectivity index is 1.85. The molecule has 0 saturated heterocycles. The minimum absolute atomic E-state index is 0.606. The fourth-order valence-corrected chi connectivity index (χ4v) is 4.67. The Hall–Kier alpha value is -0.180. The Morgan fingerprint density at radius 1 is 1.25 bits per heavy atom. The number of thioether (sulfide) groups is 1. The van der Waals surface area contributed by atoms with Gasteiger partial charge >= 0.3 is 0 Å². The van der Waals surface area contributed by atoms with E-state index in [0.29, 0.717) is 6.04 Å². The third-order valence-corrected chi connectivity index (χ3v) is 6.30. The topological polar surface area (TPSA) is 12.0 Å². The molecule has 0 aliphatic heterocycles. The van der Waals surface area contributed by atoms with Gasteiger partial charge in [0, 0.05) is 16.7 Å². The molecule has 2 rings (SSSR count). The van der Waals surface area contributed by atoms with Gasteiger partial charge < -0.3 is 5.32 Å². The molecule has 0 spiro atoms. The molecule has 1 aliphatic carbocycles. The highest BCUT2D eigenvalue weighted by molar-refractivity contribution is 7.99. The van der Waals surface area contributed by atoms with E-state index in [9.17, 15) is 0 Å². The molecular weight excluding hydrogens is 286 g/mol. The van der Waals surface area contributed by atoms with Crippen LogP contribution in [-0.4, -0.2) is 18.8 Å². The first-order valence-electron chi connectivity index (χ1n) is 7.79. The van der Waals surface area contributed by atoms with Gasteiger partial charge in [0.25, 0.3) is 0 Å². The summed E-state index contributed by atoms with van der Waals surface area (Å²) < 4.78 is 0. The highest BCUT2D eigenvalue weighted by atomic mass is 35.5. The number of rotatable bonds is 6. The smallest absolute Gasteiger partial charge is 0.0541 e. The van der Waals surface area contributed by atoms with Gasteiger partial charge in [-0.2, -0.15) is 0 Å². The van der Waals surface area contributed by atoms with Gasteiger partial charge in [-0.15, -0.1) is 11.8 Å². The summed E-state index contributed by atoms with van der Waals surface area (Å²) in [5.74, 6) is 2.92. The highest BCUT2D eigenvalue weighted by Crippen LogP contribution is 2.35. The standard InChI is InChI=1S/C17H26ClNS/c1-3-13-8-10-14(11-9-13)16(19-2)12-20-17-7-5-4-6-15(17)18/h4-7,13-14,16,19H,3,8-12H2,1-2H3. The molecule has 1 unspecified atom stereocenters. The quantitative estimate of drug-likeness (QED) is 0.721. The summed E-state index contributed by atoms with van der Waals surface area (Å²) in [7, 11) is 2.10. The Morgan fingerprint density at radius 2 is 1.95 bits per heavy atom. The van der Waals surface area contributed by atoms with Crippen LogP contribution in [0.4, 0.5) is 0 Å². The van der Waals surface area contributed by atoms with E-state index in [4.69, 9.17) is 11.6 Å². The van der Waals surface area contributed by atoms with Crippen LogP contribution in [0.5, 0.6) is 0 Å². The molecular formula is C17H26ClNS. The van der Waals surface area contributed by atoms with E-state index >= 15 is 0 Å². The van der Waals surface area contributed by atoms with Gasteiger partial charge in [0.05, 0.1) is 5.02 Å². The predicted octanol–water partition coefficient (Wildman–Crippen LogP) is 5.24. The fraction of sp³-hybridized carbons (Fsp3) is 0.647. The second kappa shape index (κ2) is 8.31. The molecule has 1 aromatic carbocycles. The lowest BCUT2D eigenvalue weighted by molar-refractivity contribution is 0.233. The van der Waals surface area contributed by atoms with Gasteiger partial charge in [-0.05, 0) is 43.9 Å². The maximum atomic E-state index is 6.23. The van der Waals surface area contributed by atoms with Gasteiger partial charge in [0.1, 0.15) is 0 Å². The summed E-state index contributed by atoms with van der Waals surface area (Å²) in [6, 6.07) is 8.76. The van der Waals surface area contributed by atoms with Crippen molar-refractivity contribution in [1.29, 1.82) is 0 Å². The molecule has 0 aromatic heterocycles. The van der Waals surface area contributed by atoms with Crippen LogP contribution >= 0.6 is 23.4 Å². The van der Waals surface area contributed by atoms with E-state index in [0.717, 1.165) is 22.6 Å². The lowest BCUT2D eigenvalue weighted by atomic mass is 9.78. The third kappa shape index (κ3) is 4.41. The van der Waals surface area contributed by atoms with Crippen LogP contribution in [-0.2, 0) is 0 Å². The van der Waals surface area contributed by atoms with Crippen LogP contribution in [0.25, 0.3) is 0 Å². The molecule has 0 bridgehead atoms. The summed E-state index contributed by atoms with van der Waals surface area (Å²) in [6.07, 6.45) is 6.94. The molecule has 1 atom stereocenters. The first-order chi connectivity index (χ1) is 9.74. The van der Waals surface area contributed by atoms with Crippen LogP contribution < -0.4 is 5.32 Å².